The zero-order valence-corrected chi connectivity index (χ0v) is 11.5. The van der Waals surface area contributed by atoms with Crippen LogP contribution in [0.5, 0.6) is 0 Å². The first-order valence-corrected chi connectivity index (χ1v) is 6.47. The topological polar surface area (TPSA) is 52.8 Å². The lowest BCUT2D eigenvalue weighted by Gasteiger charge is -2.19. The maximum absolute atomic E-state index is 9.11. The highest BCUT2D eigenvalue weighted by Gasteiger charge is 2.12. The van der Waals surface area contributed by atoms with E-state index in [1.165, 1.54) is 4.88 Å². The van der Waals surface area contributed by atoms with Crippen molar-refractivity contribution in [3.05, 3.63) is 39.5 Å². The zero-order valence-electron chi connectivity index (χ0n) is 10.6. The van der Waals surface area contributed by atoms with Crippen molar-refractivity contribution in [3.8, 4) is 6.07 Å². The van der Waals surface area contributed by atoms with Crippen LogP contribution < -0.4 is 4.90 Å². The molecule has 18 heavy (non-hydrogen) atoms. The molecule has 2 aromatic rings. The zero-order chi connectivity index (χ0) is 13.1. The monoisotopic (exact) mass is 258 g/mol. The number of hydrogen-bond acceptors (Lipinski definition) is 5. The van der Waals surface area contributed by atoms with E-state index in [0.29, 0.717) is 5.56 Å². The van der Waals surface area contributed by atoms with Crippen LogP contribution in [0.3, 0.4) is 0 Å². The van der Waals surface area contributed by atoms with E-state index in [1.54, 1.807) is 11.3 Å². The minimum Gasteiger partial charge on any atom is -0.353 e. The predicted octanol–water partition coefficient (Wildman–Crippen LogP) is 2.66. The lowest BCUT2D eigenvalue weighted by atomic mass is 10.2. The van der Waals surface area contributed by atoms with Crippen molar-refractivity contribution in [2.45, 2.75) is 20.4 Å². The molecule has 0 unspecified atom stereocenters. The van der Waals surface area contributed by atoms with Crippen molar-refractivity contribution >= 4 is 17.2 Å². The lowest BCUT2D eigenvalue weighted by Crippen LogP contribution is -2.19. The molecule has 5 heteroatoms. The Kier molecular flexibility index (Phi) is 3.58. The number of aromatic nitrogens is 2. The first kappa shape index (κ1) is 12.5. The van der Waals surface area contributed by atoms with E-state index in [9.17, 15) is 0 Å². The van der Waals surface area contributed by atoms with Crippen LogP contribution in [0.4, 0.5) is 5.82 Å². The third-order valence-electron chi connectivity index (χ3n) is 2.72. The van der Waals surface area contributed by atoms with Crippen LogP contribution in [0.15, 0.2) is 17.6 Å². The number of anilines is 1. The number of nitriles is 1. The Morgan fingerprint density at radius 1 is 1.39 bits per heavy atom. The Balaban J connectivity index is 2.29. The van der Waals surface area contributed by atoms with Gasteiger partial charge < -0.3 is 4.90 Å². The molecule has 0 N–H and O–H groups in total. The summed E-state index contributed by atoms with van der Waals surface area (Å²) in [5.74, 6) is 0.727. The van der Waals surface area contributed by atoms with Crippen molar-refractivity contribution in [1.29, 1.82) is 5.26 Å². The molecular weight excluding hydrogens is 244 g/mol. The van der Waals surface area contributed by atoms with E-state index in [2.05, 4.69) is 16.0 Å². The Labute approximate surface area is 111 Å². The summed E-state index contributed by atoms with van der Waals surface area (Å²) in [4.78, 5) is 11.9. The van der Waals surface area contributed by atoms with Gasteiger partial charge in [-0.25, -0.2) is 9.97 Å². The van der Waals surface area contributed by atoms with Gasteiger partial charge in [-0.05, 0) is 26.0 Å². The molecule has 0 saturated heterocycles. The highest BCUT2D eigenvalue weighted by molar-refractivity contribution is 7.09. The molecule has 0 aliphatic carbocycles. The van der Waals surface area contributed by atoms with Gasteiger partial charge in [-0.2, -0.15) is 5.26 Å². The second-order valence-corrected chi connectivity index (χ2v) is 5.09. The van der Waals surface area contributed by atoms with Crippen molar-refractivity contribution in [2.75, 3.05) is 11.9 Å². The minimum absolute atomic E-state index is 0.602. The highest BCUT2D eigenvalue weighted by Crippen LogP contribution is 2.21. The summed E-state index contributed by atoms with van der Waals surface area (Å²) < 4.78 is 0. The third kappa shape index (κ3) is 2.49. The molecule has 0 fully saturated rings. The summed E-state index contributed by atoms with van der Waals surface area (Å²) in [7, 11) is 1.95. The normalized spacial score (nSPS) is 10.1. The Morgan fingerprint density at radius 2 is 2.17 bits per heavy atom. The van der Waals surface area contributed by atoms with Gasteiger partial charge in [0.15, 0.2) is 0 Å². The van der Waals surface area contributed by atoms with E-state index in [4.69, 9.17) is 5.26 Å². The number of aryl methyl sites for hydroxylation is 2. The van der Waals surface area contributed by atoms with Crippen LogP contribution >= 0.6 is 11.3 Å². The molecule has 0 radical (unpaired) electrons. The Hall–Kier alpha value is -1.93. The van der Waals surface area contributed by atoms with Crippen LogP contribution in [0.2, 0.25) is 0 Å². The summed E-state index contributed by atoms with van der Waals surface area (Å²) in [6.07, 6.45) is 0. The molecule has 4 nitrogen and oxygen atoms in total. The molecule has 2 rings (SSSR count). The van der Waals surface area contributed by atoms with E-state index in [-0.39, 0.29) is 0 Å². The van der Waals surface area contributed by atoms with Gasteiger partial charge in [-0.15, -0.1) is 11.3 Å². The summed E-state index contributed by atoms with van der Waals surface area (Å²) in [5.41, 5.74) is 4.40. The maximum Gasteiger partial charge on any atom is 0.146 e. The van der Waals surface area contributed by atoms with Gasteiger partial charge in [-0.3, -0.25) is 0 Å². The number of nitrogens with zero attached hydrogens (tertiary/aromatic N) is 4. The molecule has 92 valence electrons. The first-order chi connectivity index (χ1) is 8.61. The Morgan fingerprint density at radius 3 is 2.78 bits per heavy atom. The van der Waals surface area contributed by atoms with Crippen LogP contribution in [0.1, 0.15) is 21.8 Å². The molecular formula is C13H14N4S. The molecule has 2 aromatic heterocycles. The van der Waals surface area contributed by atoms with Gasteiger partial charge in [0, 0.05) is 17.6 Å². The Bertz CT molecular complexity index is 597. The summed E-state index contributed by atoms with van der Waals surface area (Å²) in [6.45, 7) is 4.65. The van der Waals surface area contributed by atoms with Crippen molar-refractivity contribution in [1.82, 2.24) is 9.97 Å². The van der Waals surface area contributed by atoms with Crippen LogP contribution in [-0.4, -0.2) is 17.0 Å². The summed E-state index contributed by atoms with van der Waals surface area (Å²) >= 11 is 1.63. The van der Waals surface area contributed by atoms with Crippen LogP contribution in [-0.2, 0) is 6.54 Å². The second-order valence-electron chi connectivity index (χ2n) is 4.15. The molecule has 0 saturated carbocycles. The van der Waals surface area contributed by atoms with Crippen molar-refractivity contribution in [3.63, 3.8) is 0 Å². The maximum atomic E-state index is 9.11. The fourth-order valence-electron chi connectivity index (χ4n) is 1.69. The van der Waals surface area contributed by atoms with E-state index >= 15 is 0 Å². The van der Waals surface area contributed by atoms with E-state index < -0.39 is 0 Å². The van der Waals surface area contributed by atoms with Gasteiger partial charge in [0.05, 0.1) is 23.3 Å². The quantitative estimate of drug-likeness (QED) is 0.849. The van der Waals surface area contributed by atoms with E-state index in [1.807, 2.05) is 43.4 Å². The van der Waals surface area contributed by atoms with Gasteiger partial charge >= 0.3 is 0 Å². The van der Waals surface area contributed by atoms with Gasteiger partial charge in [0.2, 0.25) is 0 Å². The third-order valence-corrected chi connectivity index (χ3v) is 3.64. The van der Waals surface area contributed by atoms with Crippen LogP contribution in [0.25, 0.3) is 0 Å². The number of rotatable bonds is 3. The molecule has 0 amide bonds. The highest BCUT2D eigenvalue weighted by atomic mass is 32.1. The molecule has 2 heterocycles. The van der Waals surface area contributed by atoms with Gasteiger partial charge in [0.25, 0.3) is 0 Å². The SMILES string of the molecule is Cc1ccc(C#N)c(N(C)Cc2scnc2C)n1. The summed E-state index contributed by atoms with van der Waals surface area (Å²) in [6, 6.07) is 5.85. The van der Waals surface area contributed by atoms with Gasteiger partial charge in [-0.1, -0.05) is 0 Å². The fourth-order valence-corrected chi connectivity index (χ4v) is 2.52. The fraction of sp³-hybridized carbons (Fsp3) is 0.308. The standard InChI is InChI=1S/C13H14N4S/c1-9-4-5-11(6-14)13(16-9)17(3)7-12-10(2)15-8-18-12/h4-5,8H,7H2,1-3H3. The second kappa shape index (κ2) is 5.15. The van der Waals surface area contributed by atoms with Crippen molar-refractivity contribution < 1.29 is 0 Å². The number of hydrogen-bond donors (Lipinski definition) is 0. The largest absolute Gasteiger partial charge is 0.353 e. The molecule has 0 bridgehead atoms. The summed E-state index contributed by atoms with van der Waals surface area (Å²) in [5, 5.41) is 9.11. The van der Waals surface area contributed by atoms with Crippen LogP contribution in [0, 0.1) is 25.2 Å². The lowest BCUT2D eigenvalue weighted by molar-refractivity contribution is 0.892. The number of thiazole rings is 1. The smallest absolute Gasteiger partial charge is 0.146 e. The average molecular weight is 258 g/mol. The predicted molar refractivity (Wildman–Crippen MR) is 72.6 cm³/mol. The molecule has 0 aliphatic heterocycles. The molecule has 0 atom stereocenters. The average Bonchev–Trinajstić information content (AvgIpc) is 2.75. The molecule has 0 aromatic carbocycles. The molecule has 0 aliphatic rings. The van der Waals surface area contributed by atoms with Crippen molar-refractivity contribution in [2.24, 2.45) is 0 Å². The van der Waals surface area contributed by atoms with E-state index in [0.717, 1.165) is 23.8 Å². The number of pyridine rings is 1. The first-order valence-electron chi connectivity index (χ1n) is 5.59. The minimum atomic E-state index is 0.602. The molecule has 0 spiro atoms. The van der Waals surface area contributed by atoms with Gasteiger partial charge in [0.1, 0.15) is 11.9 Å².